The zero-order valence-corrected chi connectivity index (χ0v) is 46.0. The number of methoxy groups -OCH3 is 2. The molecule has 1 aliphatic rings. The third kappa shape index (κ3) is 18.8. The fraction of sp³-hybridized carbons (Fsp3) is 0.661. The minimum Gasteiger partial charge on any atom is -0.480 e. The first-order valence-corrected chi connectivity index (χ1v) is 26.4. The average molecular weight is 1020 g/mol. The topological polar surface area (TPSA) is 216 Å². The lowest BCUT2D eigenvalue weighted by Gasteiger charge is -2.41. The molecule has 1 fully saturated rings. The van der Waals surface area contributed by atoms with Gasteiger partial charge in [-0.3, -0.25) is 33.7 Å². The number of carboxylic acid groups (broad SMARTS) is 1. The summed E-state index contributed by atoms with van der Waals surface area (Å²) < 4.78 is 12.1. The summed E-state index contributed by atoms with van der Waals surface area (Å²) in [5, 5.41) is 21.2. The van der Waals surface area contributed by atoms with Crippen LogP contribution in [0.1, 0.15) is 118 Å². The minimum atomic E-state index is -1.08. The number of hydrogen-bond acceptors (Lipinski definition) is 10. The molecular weight excluding hydrogens is 931 g/mol. The summed E-state index contributed by atoms with van der Waals surface area (Å²) in [5.74, 6) is -4.22. The van der Waals surface area contributed by atoms with Gasteiger partial charge in [-0.15, -0.1) is 0 Å². The van der Waals surface area contributed by atoms with Crippen LogP contribution in [0.5, 0.6) is 0 Å². The van der Waals surface area contributed by atoms with Crippen LogP contribution >= 0.6 is 0 Å². The minimum absolute atomic E-state index is 0.0526. The smallest absolute Gasteiger partial charge is 0.326 e. The molecule has 0 radical (unpaired) electrons. The fourth-order valence-corrected chi connectivity index (χ4v) is 10.1. The van der Waals surface area contributed by atoms with Crippen molar-refractivity contribution in [1.29, 1.82) is 0 Å². The summed E-state index contributed by atoms with van der Waals surface area (Å²) in [7, 11) is 6.55. The molecule has 3 rings (SSSR count). The monoisotopic (exact) mass is 1020 g/mol. The Balaban J connectivity index is 1.75. The van der Waals surface area contributed by atoms with Gasteiger partial charge in [0.2, 0.25) is 35.4 Å². The van der Waals surface area contributed by atoms with Crippen molar-refractivity contribution in [2.24, 2.45) is 29.6 Å². The van der Waals surface area contributed by atoms with Crippen LogP contribution in [0.15, 0.2) is 60.7 Å². The number of nitrogens with one attached hydrogen (secondary N) is 4. The fourth-order valence-electron chi connectivity index (χ4n) is 10.1. The maximum absolute atomic E-state index is 14.7. The SMILES string of the molecule is CC[C@H](C)[C@@H]([C@@H](CC(=O)N1CCC[C@H]1[C@H](OC)[C@@H](C)C(=O)N[C@@H](Cc1ccccc1)C(=O)NCc1ccccc1)OC)N(C)C(=O)[C@@H](NC(=O)[C@H](C(C)C)N(C)CCCC(=O)N[C@H](CC(C)C)C(=O)O)C(C)C. The normalized spacial score (nSPS) is 17.5. The third-order valence-electron chi connectivity index (χ3n) is 14.3. The molecule has 5 N–H and O–H groups in total. The van der Waals surface area contributed by atoms with E-state index < -0.39 is 60.3 Å². The van der Waals surface area contributed by atoms with E-state index in [2.05, 4.69) is 21.3 Å². The van der Waals surface area contributed by atoms with E-state index in [0.717, 1.165) is 11.1 Å². The van der Waals surface area contributed by atoms with Crippen LogP contribution in [0.25, 0.3) is 0 Å². The van der Waals surface area contributed by atoms with Gasteiger partial charge in [0.1, 0.15) is 18.1 Å². The van der Waals surface area contributed by atoms with Crippen molar-refractivity contribution >= 4 is 41.4 Å². The molecule has 2 aromatic carbocycles. The Morgan fingerprint density at radius 1 is 0.767 bits per heavy atom. The first-order chi connectivity index (χ1) is 34.6. The van der Waals surface area contributed by atoms with E-state index in [1.54, 1.807) is 30.8 Å². The summed E-state index contributed by atoms with van der Waals surface area (Å²) in [5.41, 5.74) is 1.82. The molecule has 408 valence electrons. The maximum Gasteiger partial charge on any atom is 0.326 e. The molecule has 1 saturated heterocycles. The molecule has 10 atom stereocenters. The van der Waals surface area contributed by atoms with Gasteiger partial charge < -0.3 is 45.6 Å². The molecule has 0 aliphatic carbocycles. The highest BCUT2D eigenvalue weighted by Crippen LogP contribution is 2.30. The van der Waals surface area contributed by atoms with Crippen LogP contribution in [-0.4, -0.2) is 151 Å². The summed E-state index contributed by atoms with van der Waals surface area (Å²) in [6, 6.07) is 14.7. The largest absolute Gasteiger partial charge is 0.480 e. The summed E-state index contributed by atoms with van der Waals surface area (Å²) in [6.45, 7) is 18.3. The van der Waals surface area contributed by atoms with Crippen molar-refractivity contribution in [1.82, 2.24) is 36.0 Å². The highest BCUT2D eigenvalue weighted by Gasteiger charge is 2.44. The van der Waals surface area contributed by atoms with E-state index in [0.29, 0.717) is 51.7 Å². The lowest BCUT2D eigenvalue weighted by Crippen LogP contribution is -2.60. The number of likely N-dealkylation sites (N-methyl/N-ethyl adjacent to an activating group) is 2. The van der Waals surface area contributed by atoms with E-state index in [1.165, 1.54) is 14.2 Å². The quantitative estimate of drug-likeness (QED) is 0.0641. The number of carboxylic acids is 1. The number of rotatable bonds is 31. The van der Waals surface area contributed by atoms with Crippen molar-refractivity contribution < 1.29 is 48.1 Å². The lowest BCUT2D eigenvalue weighted by molar-refractivity contribution is -0.148. The van der Waals surface area contributed by atoms with Crippen LogP contribution in [0.4, 0.5) is 0 Å². The molecule has 0 spiro atoms. The first kappa shape index (κ1) is 61.9. The third-order valence-corrected chi connectivity index (χ3v) is 14.3. The number of likely N-dealkylation sites (tertiary alicyclic amines) is 1. The van der Waals surface area contributed by atoms with Crippen LogP contribution in [0.3, 0.4) is 0 Å². The van der Waals surface area contributed by atoms with Crippen LogP contribution < -0.4 is 21.3 Å². The number of carbonyl (C=O) groups excluding carboxylic acids is 6. The Kier molecular flexibility index (Phi) is 26.1. The molecule has 6 amide bonds. The van der Waals surface area contributed by atoms with Gasteiger partial charge in [0.05, 0.1) is 42.7 Å². The molecule has 1 aliphatic heterocycles. The Labute approximate surface area is 435 Å². The molecule has 1 heterocycles. The average Bonchev–Trinajstić information content (AvgIpc) is 3.84. The molecule has 0 aromatic heterocycles. The summed E-state index contributed by atoms with van der Waals surface area (Å²) >= 11 is 0. The molecule has 17 nitrogen and oxygen atoms in total. The zero-order valence-electron chi connectivity index (χ0n) is 46.0. The van der Waals surface area contributed by atoms with Gasteiger partial charge in [-0.1, -0.05) is 129 Å². The zero-order chi connectivity index (χ0) is 54.5. The van der Waals surface area contributed by atoms with Crippen LogP contribution in [-0.2, 0) is 56.0 Å². The predicted octanol–water partition coefficient (Wildman–Crippen LogP) is 5.44. The number of aliphatic carboxylic acids is 1. The summed E-state index contributed by atoms with van der Waals surface area (Å²) in [4.78, 5) is 101. The molecule has 0 unspecified atom stereocenters. The molecular formula is C56H89N7O10. The van der Waals surface area contributed by atoms with Crippen molar-refractivity contribution in [2.75, 3.05) is 41.4 Å². The highest BCUT2D eigenvalue weighted by atomic mass is 16.5. The number of ether oxygens (including phenoxy) is 2. The second-order valence-corrected chi connectivity index (χ2v) is 21.1. The van der Waals surface area contributed by atoms with E-state index in [4.69, 9.17) is 9.47 Å². The van der Waals surface area contributed by atoms with Gasteiger partial charge in [-0.2, -0.15) is 0 Å². The number of hydrogen-bond donors (Lipinski definition) is 5. The number of amides is 6. The van der Waals surface area contributed by atoms with Gasteiger partial charge in [-0.05, 0) is 74.1 Å². The van der Waals surface area contributed by atoms with Crippen molar-refractivity contribution in [3.8, 4) is 0 Å². The Morgan fingerprint density at radius 3 is 1.92 bits per heavy atom. The molecule has 2 aromatic rings. The van der Waals surface area contributed by atoms with Crippen molar-refractivity contribution in [3.05, 3.63) is 71.8 Å². The number of nitrogens with zero attached hydrogens (tertiary/aromatic N) is 3. The highest BCUT2D eigenvalue weighted by molar-refractivity contribution is 5.91. The second kappa shape index (κ2) is 30.7. The van der Waals surface area contributed by atoms with E-state index >= 15 is 0 Å². The van der Waals surface area contributed by atoms with Crippen molar-refractivity contribution in [2.45, 2.75) is 169 Å². The second-order valence-electron chi connectivity index (χ2n) is 21.1. The molecule has 0 bridgehead atoms. The van der Waals surface area contributed by atoms with Crippen LogP contribution in [0, 0.1) is 29.6 Å². The van der Waals surface area contributed by atoms with Gasteiger partial charge in [-0.25, -0.2) is 4.79 Å². The molecule has 73 heavy (non-hydrogen) atoms. The Hall–Kier alpha value is -5.39. The van der Waals surface area contributed by atoms with Gasteiger partial charge in [0.25, 0.3) is 0 Å². The number of benzene rings is 2. The van der Waals surface area contributed by atoms with Gasteiger partial charge >= 0.3 is 5.97 Å². The molecule has 0 saturated carbocycles. The maximum atomic E-state index is 14.7. The first-order valence-electron chi connectivity index (χ1n) is 26.4. The van der Waals surface area contributed by atoms with E-state index in [9.17, 15) is 38.7 Å². The predicted molar refractivity (Wildman–Crippen MR) is 283 cm³/mol. The number of carbonyl (C=O) groups is 7. The molecule has 17 heteroatoms. The summed E-state index contributed by atoms with van der Waals surface area (Å²) in [6.07, 6.45) is 1.56. The van der Waals surface area contributed by atoms with Crippen molar-refractivity contribution in [3.63, 3.8) is 0 Å². The van der Waals surface area contributed by atoms with E-state index in [-0.39, 0.29) is 78.4 Å². The van der Waals surface area contributed by atoms with Gasteiger partial charge in [0.15, 0.2) is 0 Å². The van der Waals surface area contributed by atoms with Crippen LogP contribution in [0.2, 0.25) is 0 Å². The standard InChI is InChI=1S/C56H89N7O10/c1-14-38(8)50(62(11)55(69)48(36(4)5)60-54(68)49(37(6)7)61(10)29-22-28-46(64)58-43(56(70)71)31-35(2)3)45(72-12)33-47(65)63-30-21-27-44(63)51(73-13)39(9)52(66)59-42(32-40-23-17-15-18-24-40)53(67)57-34-41-25-19-16-20-26-41/h15-20,23-26,35-39,42-45,48-51H,14,21-22,27-34H2,1-13H3,(H,57,67)(H,58,64)(H,59,66)(H,60,68)(H,70,71)/t38-,39+,42-,43+,44-,45+,48-,49-,50-,51+/m0/s1. The lowest BCUT2D eigenvalue weighted by atomic mass is 9.89. The Bertz CT molecular complexity index is 2060. The Morgan fingerprint density at radius 2 is 1.38 bits per heavy atom. The van der Waals surface area contributed by atoms with E-state index in [1.807, 2.05) is 121 Å². The van der Waals surface area contributed by atoms with Gasteiger partial charge in [0, 0.05) is 47.2 Å².